The maximum atomic E-state index is 13.7. The van der Waals surface area contributed by atoms with E-state index in [-0.39, 0.29) is 6.04 Å². The molecule has 19 heavy (non-hydrogen) atoms. The first-order valence-electron chi connectivity index (χ1n) is 6.39. The highest BCUT2D eigenvalue weighted by Crippen LogP contribution is 2.17. The predicted molar refractivity (Wildman–Crippen MR) is 71.2 cm³/mol. The molecule has 1 aliphatic rings. The highest BCUT2D eigenvalue weighted by Gasteiger charge is 2.24. The van der Waals surface area contributed by atoms with Gasteiger partial charge in [-0.2, -0.15) is 5.10 Å². The predicted octanol–water partition coefficient (Wildman–Crippen LogP) is 1.38. The van der Waals surface area contributed by atoms with E-state index in [0.717, 1.165) is 24.3 Å². The second-order valence-corrected chi connectivity index (χ2v) is 4.64. The van der Waals surface area contributed by atoms with Gasteiger partial charge in [0.15, 0.2) is 0 Å². The Hall–Kier alpha value is -1.95. The van der Waals surface area contributed by atoms with E-state index < -0.39 is 6.17 Å². The highest BCUT2D eigenvalue weighted by atomic mass is 19.1. The summed E-state index contributed by atoms with van der Waals surface area (Å²) in [6.07, 6.45) is 6.90. The second kappa shape index (κ2) is 5.36. The summed E-state index contributed by atoms with van der Waals surface area (Å²) >= 11 is 0. The first-order chi connectivity index (χ1) is 9.33. The van der Waals surface area contributed by atoms with Crippen molar-refractivity contribution in [2.24, 2.45) is 0 Å². The molecule has 0 amide bonds. The van der Waals surface area contributed by atoms with Gasteiger partial charge < -0.3 is 10.6 Å². The first-order valence-corrected chi connectivity index (χ1v) is 6.39. The van der Waals surface area contributed by atoms with Crippen LogP contribution in [0.1, 0.15) is 6.42 Å². The van der Waals surface area contributed by atoms with Crippen molar-refractivity contribution in [2.45, 2.75) is 18.6 Å². The first kappa shape index (κ1) is 12.1. The lowest BCUT2D eigenvalue weighted by atomic mass is 10.0. The van der Waals surface area contributed by atoms with Crippen molar-refractivity contribution in [3.05, 3.63) is 36.9 Å². The fourth-order valence-corrected chi connectivity index (χ4v) is 2.25. The number of aromatic nitrogens is 3. The zero-order valence-corrected chi connectivity index (χ0v) is 10.5. The largest absolute Gasteiger partial charge is 0.378 e. The second-order valence-electron chi connectivity index (χ2n) is 4.64. The quantitative estimate of drug-likeness (QED) is 0.876. The summed E-state index contributed by atoms with van der Waals surface area (Å²) in [6, 6.07) is 3.62. The average molecular weight is 261 g/mol. The molecule has 2 N–H and O–H groups in total. The fraction of sp³-hybridized carbons (Fsp3) is 0.385. The summed E-state index contributed by atoms with van der Waals surface area (Å²) in [4.78, 5) is 4.17. The van der Waals surface area contributed by atoms with Gasteiger partial charge in [-0.05, 0) is 25.1 Å². The van der Waals surface area contributed by atoms with E-state index in [4.69, 9.17) is 0 Å². The molecule has 1 saturated heterocycles. The lowest BCUT2D eigenvalue weighted by Crippen LogP contribution is -2.45. The van der Waals surface area contributed by atoms with Crippen LogP contribution in [-0.4, -0.2) is 40.1 Å². The number of rotatable bonds is 3. The molecule has 2 aromatic heterocycles. The van der Waals surface area contributed by atoms with E-state index in [9.17, 15) is 4.39 Å². The zero-order chi connectivity index (χ0) is 13.1. The third-order valence-corrected chi connectivity index (χ3v) is 3.25. The number of anilines is 1. The fourth-order valence-electron chi connectivity index (χ4n) is 2.25. The number of hydrogen-bond acceptors (Lipinski definition) is 4. The Balaban J connectivity index is 1.76. The molecule has 1 fully saturated rings. The summed E-state index contributed by atoms with van der Waals surface area (Å²) in [5, 5.41) is 10.4. The Labute approximate surface area is 110 Å². The van der Waals surface area contributed by atoms with E-state index in [0.29, 0.717) is 6.54 Å². The van der Waals surface area contributed by atoms with Crippen LogP contribution in [-0.2, 0) is 0 Å². The highest BCUT2D eigenvalue weighted by molar-refractivity contribution is 5.48. The van der Waals surface area contributed by atoms with Gasteiger partial charge in [0.05, 0.1) is 29.8 Å². The number of halogens is 1. The Morgan fingerprint density at radius 2 is 2.37 bits per heavy atom. The lowest BCUT2D eigenvalue weighted by molar-refractivity contribution is 0.245. The van der Waals surface area contributed by atoms with E-state index in [1.54, 1.807) is 23.3 Å². The Kier molecular flexibility index (Phi) is 3.41. The maximum absolute atomic E-state index is 13.7. The molecular formula is C13H16FN5. The van der Waals surface area contributed by atoms with Crippen LogP contribution in [0.5, 0.6) is 0 Å². The van der Waals surface area contributed by atoms with Crippen LogP contribution in [0, 0.1) is 0 Å². The molecule has 6 heteroatoms. The molecular weight excluding hydrogens is 245 g/mol. The van der Waals surface area contributed by atoms with Gasteiger partial charge in [-0.25, -0.2) is 9.07 Å². The number of hydrogen-bond donors (Lipinski definition) is 2. The normalized spacial score (nSPS) is 23.2. The van der Waals surface area contributed by atoms with Crippen LogP contribution < -0.4 is 10.6 Å². The van der Waals surface area contributed by atoms with Gasteiger partial charge in [0.2, 0.25) is 0 Å². The molecule has 2 aromatic rings. The molecule has 0 bridgehead atoms. The van der Waals surface area contributed by atoms with Crippen LogP contribution in [0.4, 0.5) is 10.1 Å². The van der Waals surface area contributed by atoms with E-state index in [1.807, 2.05) is 18.3 Å². The van der Waals surface area contributed by atoms with Crippen LogP contribution in [0.15, 0.2) is 36.9 Å². The molecule has 3 rings (SSSR count). The van der Waals surface area contributed by atoms with Crippen molar-refractivity contribution in [3.63, 3.8) is 0 Å². The van der Waals surface area contributed by atoms with E-state index >= 15 is 0 Å². The van der Waals surface area contributed by atoms with Crippen molar-refractivity contribution in [1.82, 2.24) is 20.1 Å². The van der Waals surface area contributed by atoms with Gasteiger partial charge in [-0.15, -0.1) is 0 Å². The van der Waals surface area contributed by atoms with Crippen molar-refractivity contribution >= 4 is 5.69 Å². The minimum absolute atomic E-state index is 0.157. The lowest BCUT2D eigenvalue weighted by Gasteiger charge is -2.28. The minimum atomic E-state index is -0.873. The number of nitrogens with zero attached hydrogens (tertiary/aromatic N) is 3. The van der Waals surface area contributed by atoms with Crippen molar-refractivity contribution in [1.29, 1.82) is 0 Å². The van der Waals surface area contributed by atoms with Crippen molar-refractivity contribution < 1.29 is 4.39 Å². The van der Waals surface area contributed by atoms with Crippen molar-refractivity contribution in [2.75, 3.05) is 18.4 Å². The number of nitrogens with one attached hydrogen (secondary N) is 2. The topological polar surface area (TPSA) is 54.8 Å². The third kappa shape index (κ3) is 2.73. The van der Waals surface area contributed by atoms with E-state index in [2.05, 4.69) is 20.7 Å². The Morgan fingerprint density at radius 3 is 3.16 bits per heavy atom. The molecule has 1 aliphatic heterocycles. The summed E-state index contributed by atoms with van der Waals surface area (Å²) in [5.41, 5.74) is 1.68. The molecule has 3 heterocycles. The van der Waals surface area contributed by atoms with Gasteiger partial charge in [0, 0.05) is 18.9 Å². The van der Waals surface area contributed by atoms with Gasteiger partial charge in [-0.3, -0.25) is 4.98 Å². The van der Waals surface area contributed by atoms with Crippen LogP contribution in [0.25, 0.3) is 5.69 Å². The van der Waals surface area contributed by atoms with E-state index in [1.165, 1.54) is 0 Å². The number of alkyl halides is 1. The molecule has 0 saturated carbocycles. The number of piperidine rings is 1. The monoisotopic (exact) mass is 261 g/mol. The Morgan fingerprint density at radius 1 is 1.42 bits per heavy atom. The molecule has 0 unspecified atom stereocenters. The van der Waals surface area contributed by atoms with Gasteiger partial charge in [0.25, 0.3) is 0 Å². The SMILES string of the molecule is F[C@@H]1CNCC[C@@H]1Nc1cncc(-n2cccn2)c1. The van der Waals surface area contributed by atoms with Crippen LogP contribution in [0.3, 0.4) is 0 Å². The molecule has 0 aromatic carbocycles. The molecule has 0 radical (unpaired) electrons. The minimum Gasteiger partial charge on any atom is -0.378 e. The third-order valence-electron chi connectivity index (χ3n) is 3.25. The molecule has 100 valence electrons. The smallest absolute Gasteiger partial charge is 0.132 e. The van der Waals surface area contributed by atoms with Crippen LogP contribution >= 0.6 is 0 Å². The van der Waals surface area contributed by atoms with Crippen molar-refractivity contribution in [3.8, 4) is 5.69 Å². The average Bonchev–Trinajstić information content (AvgIpc) is 2.96. The summed E-state index contributed by atoms with van der Waals surface area (Å²) in [7, 11) is 0. The summed E-state index contributed by atoms with van der Waals surface area (Å²) in [6.45, 7) is 1.24. The van der Waals surface area contributed by atoms with Gasteiger partial charge >= 0.3 is 0 Å². The Bertz CT molecular complexity index is 528. The summed E-state index contributed by atoms with van der Waals surface area (Å²) < 4.78 is 15.5. The maximum Gasteiger partial charge on any atom is 0.132 e. The molecule has 0 spiro atoms. The van der Waals surface area contributed by atoms with Crippen LogP contribution in [0.2, 0.25) is 0 Å². The standard InChI is InChI=1S/C13H16FN5/c14-12-9-15-4-2-13(12)18-10-6-11(8-16-7-10)19-5-1-3-17-19/h1,3,5-8,12-13,15,18H,2,4,9H2/t12-,13+/m1/s1. The summed E-state index contributed by atoms with van der Waals surface area (Å²) in [5.74, 6) is 0. The zero-order valence-electron chi connectivity index (χ0n) is 10.5. The molecule has 0 aliphatic carbocycles. The molecule has 2 atom stereocenters. The molecule has 5 nitrogen and oxygen atoms in total. The number of pyridine rings is 1. The van der Waals surface area contributed by atoms with Gasteiger partial charge in [-0.1, -0.05) is 0 Å². The van der Waals surface area contributed by atoms with Gasteiger partial charge in [0.1, 0.15) is 6.17 Å².